The minimum Gasteiger partial charge on any atom is -0.490 e. The molecule has 28 heavy (non-hydrogen) atoms. The number of nitrogens with zero attached hydrogens (tertiary/aromatic N) is 2. The number of hydrogen-bond donors (Lipinski definition) is 1. The van der Waals surface area contributed by atoms with Crippen molar-refractivity contribution in [1.82, 2.24) is 9.88 Å². The number of hydrogen-bond acceptors (Lipinski definition) is 5. The van der Waals surface area contributed by atoms with Gasteiger partial charge in [-0.15, -0.1) is 24.8 Å². The molecule has 1 amide bonds. The number of carbonyl (C=O) groups excluding carboxylic acids is 1. The lowest BCUT2D eigenvalue weighted by Gasteiger charge is -2.38. The molecule has 0 spiro atoms. The lowest BCUT2D eigenvalue weighted by Crippen LogP contribution is -2.49. The lowest BCUT2D eigenvalue weighted by molar-refractivity contribution is -0.140. The Hall–Kier alpha value is -1.08. The zero-order valence-electron chi connectivity index (χ0n) is 16.5. The van der Waals surface area contributed by atoms with Crippen molar-refractivity contribution in [3.05, 3.63) is 24.5 Å². The summed E-state index contributed by atoms with van der Waals surface area (Å²) in [4.78, 5) is 18.9. The molecule has 2 heterocycles. The normalized spacial score (nSPS) is 25.4. The van der Waals surface area contributed by atoms with E-state index < -0.39 is 0 Å². The van der Waals surface area contributed by atoms with Crippen LogP contribution < -0.4 is 10.5 Å². The van der Waals surface area contributed by atoms with Crippen LogP contribution in [0.2, 0.25) is 0 Å². The summed E-state index contributed by atoms with van der Waals surface area (Å²) in [5.41, 5.74) is 6.18. The highest BCUT2D eigenvalue weighted by Gasteiger charge is 2.35. The standard InChI is InChI=1S/C20H31N3O3.2ClH/c1-2-13-25-19-14-15(3-4-18(19)21)20(24)23-11-7-17(8-12-23)26-16-5-9-22-10-6-16;;/h5-6,9-10,15,17-19H,2-4,7-8,11-14,21H2,1H3;2*1H/t15-,18-,19-;;/m0../s1. The molecule has 0 unspecified atom stereocenters. The number of nitrogens with two attached hydrogens (primary N) is 1. The summed E-state index contributed by atoms with van der Waals surface area (Å²) in [5.74, 6) is 1.17. The predicted octanol–water partition coefficient (Wildman–Crippen LogP) is 3.22. The Morgan fingerprint density at radius 1 is 1.18 bits per heavy atom. The van der Waals surface area contributed by atoms with E-state index in [1.54, 1.807) is 12.4 Å². The van der Waals surface area contributed by atoms with Crippen molar-refractivity contribution in [1.29, 1.82) is 0 Å². The number of amides is 1. The Kier molecular flexibility index (Phi) is 11.1. The van der Waals surface area contributed by atoms with Gasteiger partial charge in [0.05, 0.1) is 6.10 Å². The molecule has 8 heteroatoms. The molecular weight excluding hydrogens is 401 g/mol. The van der Waals surface area contributed by atoms with E-state index in [9.17, 15) is 4.79 Å². The topological polar surface area (TPSA) is 77.7 Å². The van der Waals surface area contributed by atoms with Crippen LogP contribution in [0.3, 0.4) is 0 Å². The molecule has 2 aliphatic rings. The van der Waals surface area contributed by atoms with Gasteiger partial charge in [-0.25, -0.2) is 0 Å². The monoisotopic (exact) mass is 433 g/mol. The summed E-state index contributed by atoms with van der Waals surface area (Å²) >= 11 is 0. The van der Waals surface area contributed by atoms with Gasteiger partial charge in [0.15, 0.2) is 0 Å². The Labute approximate surface area is 180 Å². The molecule has 1 aromatic heterocycles. The maximum atomic E-state index is 12.9. The number of likely N-dealkylation sites (tertiary alicyclic amines) is 1. The first kappa shape index (κ1) is 25.0. The van der Waals surface area contributed by atoms with Crippen LogP contribution in [0.5, 0.6) is 5.75 Å². The van der Waals surface area contributed by atoms with Crippen molar-refractivity contribution >= 4 is 30.7 Å². The molecule has 2 N–H and O–H groups in total. The van der Waals surface area contributed by atoms with Crippen LogP contribution in [0.4, 0.5) is 0 Å². The summed E-state index contributed by atoms with van der Waals surface area (Å²) < 4.78 is 11.9. The van der Waals surface area contributed by atoms with E-state index in [0.29, 0.717) is 0 Å². The predicted molar refractivity (Wildman–Crippen MR) is 114 cm³/mol. The van der Waals surface area contributed by atoms with Crippen molar-refractivity contribution < 1.29 is 14.3 Å². The third-order valence-electron chi connectivity index (χ3n) is 5.43. The Morgan fingerprint density at radius 3 is 2.50 bits per heavy atom. The highest BCUT2D eigenvalue weighted by molar-refractivity contribution is 5.85. The highest BCUT2D eigenvalue weighted by atomic mass is 35.5. The average molecular weight is 434 g/mol. The number of ether oxygens (including phenoxy) is 2. The van der Waals surface area contributed by atoms with E-state index >= 15 is 0 Å². The van der Waals surface area contributed by atoms with Crippen LogP contribution in [-0.4, -0.2) is 53.7 Å². The summed E-state index contributed by atoms with van der Waals surface area (Å²) in [6.45, 7) is 4.33. The first-order chi connectivity index (χ1) is 12.7. The minimum absolute atomic E-state index is 0. The Balaban J connectivity index is 0.00000196. The highest BCUT2D eigenvalue weighted by Crippen LogP contribution is 2.29. The Morgan fingerprint density at radius 2 is 1.86 bits per heavy atom. The van der Waals surface area contributed by atoms with Crippen LogP contribution in [0.15, 0.2) is 24.5 Å². The van der Waals surface area contributed by atoms with Gasteiger partial charge in [-0.05, 0) is 37.8 Å². The van der Waals surface area contributed by atoms with E-state index in [-0.39, 0.29) is 54.9 Å². The van der Waals surface area contributed by atoms with Crippen LogP contribution in [-0.2, 0) is 9.53 Å². The molecule has 1 aromatic rings. The fourth-order valence-electron chi connectivity index (χ4n) is 3.90. The summed E-state index contributed by atoms with van der Waals surface area (Å²) in [6.07, 6.45) is 8.88. The number of piperidine rings is 1. The molecule has 3 rings (SSSR count). The molecule has 0 radical (unpaired) electrons. The van der Waals surface area contributed by atoms with Crippen LogP contribution >= 0.6 is 24.8 Å². The first-order valence-corrected chi connectivity index (χ1v) is 9.90. The van der Waals surface area contributed by atoms with Crippen molar-refractivity contribution in [3.8, 4) is 5.75 Å². The van der Waals surface area contributed by atoms with E-state index in [1.807, 2.05) is 17.0 Å². The van der Waals surface area contributed by atoms with Crippen molar-refractivity contribution in [2.75, 3.05) is 19.7 Å². The number of carbonyl (C=O) groups is 1. The van der Waals surface area contributed by atoms with Crippen LogP contribution in [0, 0.1) is 5.92 Å². The van der Waals surface area contributed by atoms with Gasteiger partial charge >= 0.3 is 0 Å². The second-order valence-electron chi connectivity index (χ2n) is 7.41. The SMILES string of the molecule is CCCO[C@H]1C[C@@H](C(=O)N2CCC(Oc3ccncc3)CC2)CC[C@@H]1N.Cl.Cl. The molecule has 160 valence electrons. The molecule has 1 saturated heterocycles. The second-order valence-corrected chi connectivity index (χ2v) is 7.41. The molecule has 1 aliphatic heterocycles. The first-order valence-electron chi connectivity index (χ1n) is 9.90. The summed E-state index contributed by atoms with van der Waals surface area (Å²) in [6, 6.07) is 3.81. The van der Waals surface area contributed by atoms with E-state index in [4.69, 9.17) is 15.2 Å². The van der Waals surface area contributed by atoms with Crippen molar-refractivity contribution in [3.63, 3.8) is 0 Å². The van der Waals surface area contributed by atoms with Crippen molar-refractivity contribution in [2.24, 2.45) is 11.7 Å². The quantitative estimate of drug-likeness (QED) is 0.744. The average Bonchev–Trinajstić information content (AvgIpc) is 2.68. The molecule has 1 aliphatic carbocycles. The van der Waals surface area contributed by atoms with Gasteiger partial charge in [0.1, 0.15) is 11.9 Å². The van der Waals surface area contributed by atoms with Gasteiger partial charge in [0.2, 0.25) is 5.91 Å². The number of halogens is 2. The second kappa shape index (κ2) is 12.5. The van der Waals surface area contributed by atoms with Gasteiger partial charge in [-0.2, -0.15) is 0 Å². The number of aromatic nitrogens is 1. The van der Waals surface area contributed by atoms with Gasteiger partial charge in [-0.1, -0.05) is 6.92 Å². The van der Waals surface area contributed by atoms with Gasteiger partial charge in [-0.3, -0.25) is 9.78 Å². The lowest BCUT2D eigenvalue weighted by atomic mass is 9.83. The maximum Gasteiger partial charge on any atom is 0.225 e. The van der Waals surface area contributed by atoms with E-state index in [0.717, 1.165) is 64.0 Å². The third-order valence-corrected chi connectivity index (χ3v) is 5.43. The summed E-state index contributed by atoms with van der Waals surface area (Å²) in [5, 5.41) is 0. The molecule has 6 nitrogen and oxygen atoms in total. The molecular formula is C20H33Cl2N3O3. The van der Waals surface area contributed by atoms with Gasteiger partial charge < -0.3 is 20.1 Å². The molecule has 0 bridgehead atoms. The number of pyridine rings is 1. The molecule has 1 saturated carbocycles. The molecule has 3 atom stereocenters. The zero-order chi connectivity index (χ0) is 18.4. The Bertz CT molecular complexity index is 571. The largest absolute Gasteiger partial charge is 0.490 e. The third kappa shape index (κ3) is 6.76. The van der Waals surface area contributed by atoms with Crippen LogP contribution in [0.25, 0.3) is 0 Å². The zero-order valence-corrected chi connectivity index (χ0v) is 18.1. The van der Waals surface area contributed by atoms with E-state index in [2.05, 4.69) is 11.9 Å². The smallest absolute Gasteiger partial charge is 0.225 e. The molecule has 2 fully saturated rings. The fourth-order valence-corrected chi connectivity index (χ4v) is 3.90. The summed E-state index contributed by atoms with van der Waals surface area (Å²) in [7, 11) is 0. The molecule has 0 aromatic carbocycles. The van der Waals surface area contributed by atoms with E-state index in [1.165, 1.54) is 0 Å². The fraction of sp³-hybridized carbons (Fsp3) is 0.700. The maximum absolute atomic E-state index is 12.9. The van der Waals surface area contributed by atoms with Gasteiger partial charge in [0, 0.05) is 56.9 Å². The minimum atomic E-state index is 0. The van der Waals surface area contributed by atoms with Gasteiger partial charge in [0.25, 0.3) is 0 Å². The van der Waals surface area contributed by atoms with Crippen LogP contribution in [0.1, 0.15) is 45.4 Å². The number of rotatable bonds is 6. The van der Waals surface area contributed by atoms with Crippen molar-refractivity contribution in [2.45, 2.75) is 63.7 Å².